The smallest absolute Gasteiger partial charge is 0.225 e. The fourth-order valence-electron chi connectivity index (χ4n) is 4.76. The van der Waals surface area contributed by atoms with E-state index in [4.69, 9.17) is 0 Å². The molecule has 2 aliphatic rings. The van der Waals surface area contributed by atoms with Crippen molar-refractivity contribution in [3.63, 3.8) is 0 Å². The Morgan fingerprint density at radius 3 is 2.32 bits per heavy atom. The molecule has 2 fully saturated rings. The molecule has 0 aliphatic carbocycles. The fourth-order valence-corrected chi connectivity index (χ4v) is 5.76. The molecule has 0 saturated carbocycles. The number of rotatable bonds is 4. The van der Waals surface area contributed by atoms with Crippen LogP contribution in [0.25, 0.3) is 10.2 Å². The molecule has 0 unspecified atom stereocenters. The number of aromatic nitrogens is 2. The molecular formula is C23H33N5O2S. The van der Waals surface area contributed by atoms with Gasteiger partial charge in [0.1, 0.15) is 17.0 Å². The Morgan fingerprint density at radius 2 is 1.68 bits per heavy atom. The van der Waals surface area contributed by atoms with Gasteiger partial charge < -0.3 is 15.1 Å². The number of hydrogen-bond acceptors (Lipinski definition) is 6. The summed E-state index contributed by atoms with van der Waals surface area (Å²) in [5.41, 5.74) is 1.26. The Hall–Kier alpha value is -2.22. The molecule has 4 heterocycles. The van der Waals surface area contributed by atoms with Gasteiger partial charge in [0, 0.05) is 48.9 Å². The van der Waals surface area contributed by atoms with Crippen LogP contribution < -0.4 is 10.2 Å². The summed E-state index contributed by atoms with van der Waals surface area (Å²) in [6.07, 6.45) is 4.88. The second-order valence-corrected chi connectivity index (χ2v) is 10.4. The van der Waals surface area contributed by atoms with E-state index in [1.165, 1.54) is 10.4 Å². The van der Waals surface area contributed by atoms with Crippen LogP contribution >= 0.6 is 11.3 Å². The van der Waals surface area contributed by atoms with Crippen LogP contribution in [0, 0.1) is 25.7 Å². The molecular weight excluding hydrogens is 410 g/mol. The first kappa shape index (κ1) is 22.0. The number of piperidine rings is 2. The lowest BCUT2D eigenvalue weighted by atomic mass is 9.91. The van der Waals surface area contributed by atoms with Crippen molar-refractivity contribution < 1.29 is 9.59 Å². The number of fused-ring (bicyclic) bond motifs is 1. The van der Waals surface area contributed by atoms with E-state index in [0.717, 1.165) is 54.8 Å². The van der Waals surface area contributed by atoms with Gasteiger partial charge in [-0.25, -0.2) is 9.97 Å². The van der Waals surface area contributed by atoms with Gasteiger partial charge in [-0.3, -0.25) is 9.59 Å². The number of thiophene rings is 1. The quantitative estimate of drug-likeness (QED) is 0.785. The van der Waals surface area contributed by atoms with Crippen molar-refractivity contribution in [1.29, 1.82) is 0 Å². The van der Waals surface area contributed by atoms with Crippen LogP contribution in [0.4, 0.5) is 5.82 Å². The van der Waals surface area contributed by atoms with Gasteiger partial charge in [-0.15, -0.1) is 11.3 Å². The van der Waals surface area contributed by atoms with E-state index in [9.17, 15) is 9.59 Å². The Morgan fingerprint density at radius 1 is 1.03 bits per heavy atom. The molecule has 2 aromatic rings. The van der Waals surface area contributed by atoms with Crippen LogP contribution in [0.1, 0.15) is 50.0 Å². The Bertz CT molecular complexity index is 956. The van der Waals surface area contributed by atoms with Crippen LogP contribution in [0.3, 0.4) is 0 Å². The fraction of sp³-hybridized carbons (Fsp3) is 0.652. The van der Waals surface area contributed by atoms with E-state index in [0.29, 0.717) is 13.1 Å². The number of carbonyl (C=O) groups excluding carboxylic acids is 2. The van der Waals surface area contributed by atoms with Crippen molar-refractivity contribution in [1.82, 2.24) is 20.2 Å². The number of likely N-dealkylation sites (tertiary alicyclic amines) is 1. The highest BCUT2D eigenvalue weighted by Gasteiger charge is 2.33. The first-order valence-corrected chi connectivity index (χ1v) is 12.2. The van der Waals surface area contributed by atoms with Crippen LogP contribution in [0.2, 0.25) is 0 Å². The summed E-state index contributed by atoms with van der Waals surface area (Å²) in [4.78, 5) is 41.0. The van der Waals surface area contributed by atoms with E-state index in [1.54, 1.807) is 17.7 Å². The van der Waals surface area contributed by atoms with Crippen molar-refractivity contribution in [2.45, 2.75) is 59.4 Å². The number of anilines is 1. The van der Waals surface area contributed by atoms with Gasteiger partial charge in [0.2, 0.25) is 11.8 Å². The van der Waals surface area contributed by atoms with Gasteiger partial charge in [0.15, 0.2) is 0 Å². The minimum Gasteiger partial charge on any atom is -0.356 e. The van der Waals surface area contributed by atoms with Gasteiger partial charge in [0.05, 0.1) is 5.39 Å². The van der Waals surface area contributed by atoms with Crippen molar-refractivity contribution in [2.75, 3.05) is 31.1 Å². The zero-order chi connectivity index (χ0) is 22.1. The van der Waals surface area contributed by atoms with Crippen LogP contribution in [-0.4, -0.2) is 58.9 Å². The zero-order valence-electron chi connectivity index (χ0n) is 19.0. The third-order valence-electron chi connectivity index (χ3n) is 6.70. The number of nitrogens with zero attached hydrogens (tertiary/aromatic N) is 4. The predicted molar refractivity (Wildman–Crippen MR) is 124 cm³/mol. The zero-order valence-corrected chi connectivity index (χ0v) is 19.8. The lowest BCUT2D eigenvalue weighted by Gasteiger charge is -2.37. The molecule has 0 atom stereocenters. The lowest BCUT2D eigenvalue weighted by molar-refractivity contribution is -0.139. The second-order valence-electron chi connectivity index (χ2n) is 9.18. The van der Waals surface area contributed by atoms with Gasteiger partial charge >= 0.3 is 0 Å². The molecule has 7 nitrogen and oxygen atoms in total. The highest BCUT2D eigenvalue weighted by atomic mass is 32.1. The molecule has 0 radical (unpaired) electrons. The molecule has 168 valence electrons. The van der Waals surface area contributed by atoms with Crippen molar-refractivity contribution >= 4 is 39.2 Å². The SMILES string of the molecule is Cc1sc2ncnc(N3CCC(C(=O)N4CCC(C(=O)NC(C)C)CC4)CC3)c2c1C. The summed E-state index contributed by atoms with van der Waals surface area (Å²) >= 11 is 1.72. The Kier molecular flexibility index (Phi) is 6.46. The van der Waals surface area contributed by atoms with E-state index in [1.807, 2.05) is 18.7 Å². The van der Waals surface area contributed by atoms with Crippen LogP contribution in [0.5, 0.6) is 0 Å². The van der Waals surface area contributed by atoms with Gasteiger partial charge in [-0.1, -0.05) is 0 Å². The minimum absolute atomic E-state index is 0.0331. The third-order valence-corrected chi connectivity index (χ3v) is 7.81. The van der Waals surface area contributed by atoms with Gasteiger partial charge in [-0.05, 0) is 58.9 Å². The average molecular weight is 444 g/mol. The molecule has 2 aliphatic heterocycles. The van der Waals surface area contributed by atoms with Crippen molar-refractivity contribution in [3.8, 4) is 0 Å². The molecule has 2 aromatic heterocycles. The number of aryl methyl sites for hydroxylation is 2. The molecule has 8 heteroatoms. The molecule has 2 amide bonds. The first-order chi connectivity index (χ1) is 14.8. The number of hydrogen-bond donors (Lipinski definition) is 1. The van der Waals surface area contributed by atoms with Gasteiger partial charge in [-0.2, -0.15) is 0 Å². The Balaban J connectivity index is 1.34. The molecule has 31 heavy (non-hydrogen) atoms. The molecule has 1 N–H and O–H groups in total. The average Bonchev–Trinajstić information content (AvgIpc) is 3.07. The van der Waals surface area contributed by atoms with Crippen molar-refractivity contribution in [3.05, 3.63) is 16.8 Å². The maximum Gasteiger partial charge on any atom is 0.225 e. The largest absolute Gasteiger partial charge is 0.356 e. The van der Waals surface area contributed by atoms with E-state index in [2.05, 4.69) is 34.0 Å². The maximum absolute atomic E-state index is 13.1. The molecule has 0 spiro atoms. The van der Waals surface area contributed by atoms with Gasteiger partial charge in [0.25, 0.3) is 0 Å². The Labute approximate surface area is 188 Å². The highest BCUT2D eigenvalue weighted by Crippen LogP contribution is 2.36. The first-order valence-electron chi connectivity index (χ1n) is 11.4. The number of carbonyl (C=O) groups is 2. The monoisotopic (exact) mass is 443 g/mol. The molecule has 0 bridgehead atoms. The summed E-state index contributed by atoms with van der Waals surface area (Å²) in [7, 11) is 0. The summed E-state index contributed by atoms with van der Waals surface area (Å²) in [5, 5.41) is 4.16. The van der Waals surface area contributed by atoms with Crippen molar-refractivity contribution in [2.24, 2.45) is 11.8 Å². The predicted octanol–water partition coefficient (Wildman–Crippen LogP) is 3.29. The topological polar surface area (TPSA) is 78.4 Å². The van der Waals surface area contributed by atoms with E-state index >= 15 is 0 Å². The number of amides is 2. The normalized spacial score (nSPS) is 18.7. The standard InChI is InChI=1S/C23H33N5O2S/c1-14(2)26-21(29)17-5-11-28(12-6-17)23(30)18-7-9-27(10-8-18)20-19-15(3)16(4)31-22(19)25-13-24-20/h13-14,17-18H,5-12H2,1-4H3,(H,26,29). The molecule has 0 aromatic carbocycles. The minimum atomic E-state index is 0.0331. The summed E-state index contributed by atoms with van der Waals surface area (Å²) in [5.74, 6) is 1.50. The van der Waals surface area contributed by atoms with E-state index < -0.39 is 0 Å². The molecule has 2 saturated heterocycles. The highest BCUT2D eigenvalue weighted by molar-refractivity contribution is 7.18. The number of nitrogens with one attached hydrogen (secondary N) is 1. The second kappa shape index (κ2) is 9.10. The molecule has 4 rings (SSSR count). The van der Waals surface area contributed by atoms with Crippen LogP contribution in [0.15, 0.2) is 6.33 Å². The summed E-state index contributed by atoms with van der Waals surface area (Å²) in [6, 6.07) is 0.162. The lowest BCUT2D eigenvalue weighted by Crippen LogP contribution is -2.48. The van der Waals surface area contributed by atoms with Crippen LogP contribution in [-0.2, 0) is 9.59 Å². The summed E-state index contributed by atoms with van der Waals surface area (Å²) in [6.45, 7) is 11.3. The maximum atomic E-state index is 13.1. The third kappa shape index (κ3) is 4.54. The van der Waals surface area contributed by atoms with E-state index in [-0.39, 0.29) is 29.7 Å². The summed E-state index contributed by atoms with van der Waals surface area (Å²) < 4.78 is 0.